The molecule has 0 saturated heterocycles. The summed E-state index contributed by atoms with van der Waals surface area (Å²) in [5.41, 5.74) is 0.984. The van der Waals surface area contributed by atoms with E-state index in [-0.39, 0.29) is 11.8 Å². The van der Waals surface area contributed by atoms with Crippen LogP contribution in [0.4, 0.5) is 0 Å². The van der Waals surface area contributed by atoms with E-state index in [1.807, 2.05) is 24.3 Å². The molecule has 6 nitrogen and oxygen atoms in total. The number of hydrogen-bond acceptors (Lipinski definition) is 4. The van der Waals surface area contributed by atoms with E-state index in [1.54, 1.807) is 24.3 Å². The van der Waals surface area contributed by atoms with Crippen molar-refractivity contribution in [3.05, 3.63) is 59.7 Å². The van der Waals surface area contributed by atoms with E-state index in [1.165, 1.54) is 0 Å². The minimum absolute atomic E-state index is 0.225. The van der Waals surface area contributed by atoms with Crippen LogP contribution in [0.25, 0.3) is 0 Å². The Bertz CT molecular complexity index is 793. The Balaban J connectivity index is 1.83. The molecule has 0 bridgehead atoms. The van der Waals surface area contributed by atoms with Crippen LogP contribution in [0.5, 0.6) is 11.5 Å². The highest BCUT2D eigenvalue weighted by Crippen LogP contribution is 2.19. The average Bonchev–Trinajstić information content (AvgIpc) is 2.76. The number of carbonyl (C=O) groups excluding carboxylic acids is 2. The van der Waals surface area contributed by atoms with Gasteiger partial charge < -0.3 is 20.1 Å². The maximum absolute atomic E-state index is 12.6. The van der Waals surface area contributed by atoms with Gasteiger partial charge in [0.1, 0.15) is 11.5 Å². The number of amides is 2. The van der Waals surface area contributed by atoms with Crippen molar-refractivity contribution >= 4 is 11.8 Å². The molecule has 0 heterocycles. The molecule has 0 aliphatic heterocycles. The summed E-state index contributed by atoms with van der Waals surface area (Å²) in [4.78, 5) is 25.2. The standard InChI is InChI=1S/C26H36N2O4/c1-19(2)13-17-31-23-11-7-5-9-21(23)25(29)27-15-16-28-26(30)22-10-6-8-12-24(22)32-18-14-20(3)4/h5-12,19-20H,13-18H2,1-4H3,(H,27,29)(H,28,30). The summed E-state index contributed by atoms with van der Waals surface area (Å²) < 4.78 is 11.6. The normalized spacial score (nSPS) is 10.8. The number of hydrogen-bond donors (Lipinski definition) is 2. The van der Waals surface area contributed by atoms with Crippen molar-refractivity contribution in [2.45, 2.75) is 40.5 Å². The number of benzene rings is 2. The molecule has 0 unspecified atom stereocenters. The third-order valence-electron chi connectivity index (χ3n) is 4.87. The van der Waals surface area contributed by atoms with Crippen LogP contribution in [0.2, 0.25) is 0 Å². The number of carbonyl (C=O) groups is 2. The van der Waals surface area contributed by atoms with Crippen LogP contribution in [-0.4, -0.2) is 38.1 Å². The molecule has 0 saturated carbocycles. The summed E-state index contributed by atoms with van der Waals surface area (Å²) in [6.07, 6.45) is 1.84. The predicted molar refractivity (Wildman–Crippen MR) is 127 cm³/mol. The Hall–Kier alpha value is -3.02. The van der Waals surface area contributed by atoms with E-state index in [0.29, 0.717) is 60.8 Å². The van der Waals surface area contributed by atoms with Crippen molar-refractivity contribution in [3.63, 3.8) is 0 Å². The lowest BCUT2D eigenvalue weighted by molar-refractivity contribution is 0.0923. The molecule has 0 aliphatic carbocycles. The van der Waals surface area contributed by atoms with Crippen LogP contribution < -0.4 is 20.1 Å². The summed E-state index contributed by atoms with van der Waals surface area (Å²) in [7, 11) is 0. The van der Waals surface area contributed by atoms with E-state index in [4.69, 9.17) is 9.47 Å². The van der Waals surface area contributed by atoms with Crippen molar-refractivity contribution in [2.75, 3.05) is 26.3 Å². The molecule has 2 aromatic rings. The second-order valence-corrected chi connectivity index (χ2v) is 8.57. The predicted octanol–water partition coefficient (Wildman–Crippen LogP) is 4.70. The van der Waals surface area contributed by atoms with Gasteiger partial charge in [-0.05, 0) is 48.9 Å². The van der Waals surface area contributed by atoms with E-state index in [9.17, 15) is 9.59 Å². The highest BCUT2D eigenvalue weighted by atomic mass is 16.5. The molecule has 0 spiro atoms. The summed E-state index contributed by atoms with van der Waals surface area (Å²) in [6, 6.07) is 14.4. The fraction of sp³-hybridized carbons (Fsp3) is 0.462. The van der Waals surface area contributed by atoms with Gasteiger partial charge in [0.25, 0.3) is 11.8 Å². The topological polar surface area (TPSA) is 76.7 Å². The zero-order valence-corrected chi connectivity index (χ0v) is 19.6. The van der Waals surface area contributed by atoms with E-state index >= 15 is 0 Å². The monoisotopic (exact) mass is 440 g/mol. The van der Waals surface area contributed by atoms with Crippen LogP contribution in [-0.2, 0) is 0 Å². The molecule has 2 N–H and O–H groups in total. The Kier molecular flexibility index (Phi) is 10.6. The quantitative estimate of drug-likeness (QED) is 0.443. The molecular weight excluding hydrogens is 404 g/mol. The van der Waals surface area contributed by atoms with Gasteiger partial charge in [-0.2, -0.15) is 0 Å². The number of ether oxygens (including phenoxy) is 2. The van der Waals surface area contributed by atoms with Gasteiger partial charge in [-0.25, -0.2) is 0 Å². The largest absolute Gasteiger partial charge is 0.493 e. The van der Waals surface area contributed by atoms with Gasteiger partial charge >= 0.3 is 0 Å². The molecule has 0 aromatic heterocycles. The maximum Gasteiger partial charge on any atom is 0.255 e. The van der Waals surface area contributed by atoms with Crippen LogP contribution in [0.15, 0.2) is 48.5 Å². The van der Waals surface area contributed by atoms with Crippen LogP contribution in [0.1, 0.15) is 61.3 Å². The van der Waals surface area contributed by atoms with Gasteiger partial charge in [-0.1, -0.05) is 52.0 Å². The van der Waals surface area contributed by atoms with Crippen molar-refractivity contribution in [1.29, 1.82) is 0 Å². The zero-order valence-electron chi connectivity index (χ0n) is 19.6. The summed E-state index contributed by atoms with van der Waals surface area (Å²) in [5, 5.41) is 5.68. The Morgan fingerprint density at radius 3 is 1.44 bits per heavy atom. The van der Waals surface area contributed by atoms with Crippen molar-refractivity contribution in [3.8, 4) is 11.5 Å². The lowest BCUT2D eigenvalue weighted by Crippen LogP contribution is -2.35. The number of rotatable bonds is 13. The van der Waals surface area contributed by atoms with Crippen LogP contribution in [0, 0.1) is 11.8 Å². The second-order valence-electron chi connectivity index (χ2n) is 8.57. The molecule has 0 aliphatic rings. The van der Waals surface area contributed by atoms with Crippen molar-refractivity contribution in [2.24, 2.45) is 11.8 Å². The Morgan fingerprint density at radius 1 is 0.688 bits per heavy atom. The SMILES string of the molecule is CC(C)CCOc1ccccc1C(=O)NCCNC(=O)c1ccccc1OCCC(C)C. The van der Waals surface area contributed by atoms with Crippen molar-refractivity contribution in [1.82, 2.24) is 10.6 Å². The molecule has 32 heavy (non-hydrogen) atoms. The molecule has 0 radical (unpaired) electrons. The third kappa shape index (κ3) is 8.61. The minimum atomic E-state index is -0.225. The minimum Gasteiger partial charge on any atom is -0.493 e. The lowest BCUT2D eigenvalue weighted by Gasteiger charge is -2.14. The summed E-state index contributed by atoms with van der Waals surface area (Å²) in [5.74, 6) is 1.76. The van der Waals surface area contributed by atoms with Gasteiger partial charge in [0, 0.05) is 13.1 Å². The number of nitrogens with one attached hydrogen (secondary N) is 2. The van der Waals surface area contributed by atoms with E-state index in [0.717, 1.165) is 12.8 Å². The smallest absolute Gasteiger partial charge is 0.255 e. The fourth-order valence-electron chi connectivity index (χ4n) is 2.91. The van der Waals surface area contributed by atoms with Gasteiger partial charge in [-0.15, -0.1) is 0 Å². The lowest BCUT2D eigenvalue weighted by atomic mass is 10.1. The van der Waals surface area contributed by atoms with E-state index in [2.05, 4.69) is 38.3 Å². The molecule has 0 atom stereocenters. The summed E-state index contributed by atoms with van der Waals surface area (Å²) in [6.45, 7) is 10.3. The maximum atomic E-state index is 12.6. The summed E-state index contributed by atoms with van der Waals surface area (Å²) >= 11 is 0. The molecule has 0 fully saturated rings. The second kappa shape index (κ2) is 13.4. The molecule has 2 rings (SSSR count). The fourth-order valence-corrected chi connectivity index (χ4v) is 2.91. The Morgan fingerprint density at radius 2 is 1.06 bits per heavy atom. The first-order valence-electron chi connectivity index (χ1n) is 11.4. The molecular formula is C26H36N2O4. The van der Waals surface area contributed by atoms with Crippen LogP contribution in [0.3, 0.4) is 0 Å². The first-order chi connectivity index (χ1) is 15.4. The Labute approximate surface area is 191 Å². The molecule has 6 heteroatoms. The van der Waals surface area contributed by atoms with Crippen molar-refractivity contribution < 1.29 is 19.1 Å². The first kappa shape index (κ1) is 25.2. The van der Waals surface area contributed by atoms with E-state index < -0.39 is 0 Å². The average molecular weight is 441 g/mol. The van der Waals surface area contributed by atoms with Gasteiger partial charge in [0.15, 0.2) is 0 Å². The van der Waals surface area contributed by atoms with Gasteiger partial charge in [0.05, 0.1) is 24.3 Å². The highest BCUT2D eigenvalue weighted by molar-refractivity contribution is 5.98. The zero-order chi connectivity index (χ0) is 23.3. The molecule has 174 valence electrons. The van der Waals surface area contributed by atoms with Crippen LogP contribution >= 0.6 is 0 Å². The molecule has 2 aromatic carbocycles. The first-order valence-corrected chi connectivity index (χ1v) is 11.4. The van der Waals surface area contributed by atoms with Gasteiger partial charge in [-0.3, -0.25) is 9.59 Å². The van der Waals surface area contributed by atoms with Gasteiger partial charge in [0.2, 0.25) is 0 Å². The highest BCUT2D eigenvalue weighted by Gasteiger charge is 2.14. The third-order valence-corrected chi connectivity index (χ3v) is 4.87. The molecule has 2 amide bonds. The number of para-hydroxylation sites is 2.